The number of benzene rings is 6. The average Bonchev–Trinajstić information content (AvgIpc) is 3.60. The van der Waals surface area contributed by atoms with Crippen molar-refractivity contribution in [1.82, 2.24) is 0 Å². The molecular weight excluding hydrogens is 531 g/mol. The van der Waals surface area contributed by atoms with Gasteiger partial charge in [0.15, 0.2) is 0 Å². The van der Waals surface area contributed by atoms with E-state index in [2.05, 4.69) is 127 Å². The van der Waals surface area contributed by atoms with E-state index in [-0.39, 0.29) is 0 Å². The summed E-state index contributed by atoms with van der Waals surface area (Å²) in [5, 5.41) is 7.70. The zero-order valence-electron chi connectivity index (χ0n) is 23.2. The van der Waals surface area contributed by atoms with E-state index in [4.69, 9.17) is 4.42 Å². The molecule has 0 N–H and O–H groups in total. The zero-order valence-corrected chi connectivity index (χ0v) is 24.0. The Morgan fingerprint density at radius 1 is 0.667 bits per heavy atom. The minimum absolute atomic E-state index is 0.912. The van der Waals surface area contributed by atoms with Crippen molar-refractivity contribution in [3.05, 3.63) is 132 Å². The van der Waals surface area contributed by atoms with Crippen molar-refractivity contribution in [1.29, 1.82) is 0 Å². The highest BCUT2D eigenvalue weighted by atomic mass is 32.1. The van der Waals surface area contributed by atoms with Gasteiger partial charge in [-0.25, -0.2) is 0 Å². The molecule has 0 bridgehead atoms. The van der Waals surface area contributed by atoms with Crippen molar-refractivity contribution < 1.29 is 4.42 Å². The summed E-state index contributed by atoms with van der Waals surface area (Å²) < 4.78 is 9.04. The lowest BCUT2D eigenvalue weighted by Crippen LogP contribution is -2.15. The fraction of sp³-hybridized carbons (Fsp3) is 0.0769. The van der Waals surface area contributed by atoms with E-state index in [9.17, 15) is 0 Å². The molecule has 1 aliphatic carbocycles. The van der Waals surface area contributed by atoms with Gasteiger partial charge in [0.05, 0.1) is 5.69 Å². The van der Waals surface area contributed by atoms with Gasteiger partial charge in [-0.15, -0.1) is 11.3 Å². The molecule has 0 unspecified atom stereocenters. The number of thiophene rings is 1. The maximum absolute atomic E-state index is 6.37. The second-order valence-corrected chi connectivity index (χ2v) is 12.3. The van der Waals surface area contributed by atoms with Gasteiger partial charge in [-0.1, -0.05) is 78.9 Å². The maximum Gasteiger partial charge on any atom is 0.137 e. The summed E-state index contributed by atoms with van der Waals surface area (Å²) in [5.74, 6) is 0. The summed E-state index contributed by atoms with van der Waals surface area (Å²) in [6.45, 7) is 2.21. The number of hydrogen-bond donors (Lipinski definition) is 0. The Labute approximate surface area is 247 Å². The van der Waals surface area contributed by atoms with Gasteiger partial charge in [-0.2, -0.15) is 0 Å². The predicted octanol–water partition coefficient (Wildman–Crippen LogP) is 11.8. The predicted molar refractivity (Wildman–Crippen MR) is 181 cm³/mol. The molecule has 42 heavy (non-hydrogen) atoms. The van der Waals surface area contributed by atoms with Gasteiger partial charge in [-0.3, -0.25) is 0 Å². The fourth-order valence-electron chi connectivity index (χ4n) is 6.91. The Morgan fingerprint density at radius 3 is 2.40 bits per heavy atom. The van der Waals surface area contributed by atoms with Gasteiger partial charge in [0.2, 0.25) is 0 Å². The van der Waals surface area contributed by atoms with E-state index in [1.165, 1.54) is 59.0 Å². The van der Waals surface area contributed by atoms with E-state index in [1.54, 1.807) is 0 Å². The lowest BCUT2D eigenvalue weighted by atomic mass is 9.90. The summed E-state index contributed by atoms with van der Waals surface area (Å²) in [6.07, 6.45) is 6.77. The molecule has 1 aliphatic rings. The third-order valence-electron chi connectivity index (χ3n) is 8.84. The van der Waals surface area contributed by atoms with Gasteiger partial charge in [0, 0.05) is 48.4 Å². The number of hydrogen-bond acceptors (Lipinski definition) is 3. The van der Waals surface area contributed by atoms with Gasteiger partial charge >= 0.3 is 0 Å². The molecule has 3 heteroatoms. The number of rotatable bonds is 3. The number of anilines is 3. The van der Waals surface area contributed by atoms with Crippen molar-refractivity contribution in [2.45, 2.75) is 19.8 Å². The van der Waals surface area contributed by atoms with Crippen LogP contribution in [-0.4, -0.2) is 0 Å². The first kappa shape index (κ1) is 23.8. The molecule has 0 radical (unpaired) electrons. The molecular formula is C39H27NOS. The third kappa shape index (κ3) is 3.44. The third-order valence-corrected chi connectivity index (χ3v) is 9.94. The molecule has 2 heterocycles. The number of nitrogens with zero attached hydrogens (tertiary/aromatic N) is 1. The fourth-order valence-corrected chi connectivity index (χ4v) is 8.08. The van der Waals surface area contributed by atoms with Crippen LogP contribution in [0.15, 0.2) is 120 Å². The molecule has 0 saturated heterocycles. The first-order chi connectivity index (χ1) is 20.7. The summed E-state index contributed by atoms with van der Waals surface area (Å²) in [6, 6.07) is 39.5. The van der Waals surface area contributed by atoms with Crippen molar-refractivity contribution in [3.63, 3.8) is 0 Å². The first-order valence-electron chi connectivity index (χ1n) is 14.6. The number of fused-ring (bicyclic) bond motifs is 10. The highest BCUT2D eigenvalue weighted by Gasteiger charge is 2.25. The Bertz CT molecular complexity index is 2390. The van der Waals surface area contributed by atoms with Crippen molar-refractivity contribution >= 4 is 87.4 Å². The topological polar surface area (TPSA) is 16.4 Å². The molecule has 0 amide bonds. The van der Waals surface area contributed by atoms with Crippen LogP contribution in [0.4, 0.5) is 17.1 Å². The highest BCUT2D eigenvalue weighted by Crippen LogP contribution is 2.49. The van der Waals surface area contributed by atoms with Crippen LogP contribution in [0.1, 0.15) is 23.1 Å². The minimum atomic E-state index is 0.912. The molecule has 9 rings (SSSR count). The minimum Gasteiger partial charge on any atom is -0.456 e. The highest BCUT2D eigenvalue weighted by molar-refractivity contribution is 7.26. The SMILES string of the molecule is Cc1ccccc1N(c1ccc2c(c1)oc1ccccc12)c1cc2sc3ccc4ccccc4c3c2c2c1CCC=C2. The van der Waals surface area contributed by atoms with Crippen LogP contribution in [0.2, 0.25) is 0 Å². The average molecular weight is 558 g/mol. The summed E-state index contributed by atoms with van der Waals surface area (Å²) in [5.41, 5.74) is 9.40. The van der Waals surface area contributed by atoms with Gasteiger partial charge in [0.25, 0.3) is 0 Å². The van der Waals surface area contributed by atoms with E-state index < -0.39 is 0 Å². The van der Waals surface area contributed by atoms with E-state index in [0.29, 0.717) is 0 Å². The number of allylic oxidation sites excluding steroid dienone is 1. The van der Waals surface area contributed by atoms with Crippen LogP contribution in [0.25, 0.3) is 59.0 Å². The number of aryl methyl sites for hydroxylation is 1. The molecule has 2 nitrogen and oxygen atoms in total. The van der Waals surface area contributed by atoms with Crippen LogP contribution in [0, 0.1) is 6.92 Å². The molecule has 6 aromatic carbocycles. The molecule has 200 valence electrons. The monoisotopic (exact) mass is 557 g/mol. The molecule has 2 aromatic heterocycles. The Hall–Kier alpha value is -4.86. The zero-order chi connectivity index (χ0) is 27.8. The Morgan fingerprint density at radius 2 is 1.48 bits per heavy atom. The second-order valence-electron chi connectivity index (χ2n) is 11.3. The summed E-state index contributed by atoms with van der Waals surface area (Å²) in [4.78, 5) is 2.46. The smallest absolute Gasteiger partial charge is 0.137 e. The van der Waals surface area contributed by atoms with E-state index in [0.717, 1.165) is 40.5 Å². The van der Waals surface area contributed by atoms with Crippen LogP contribution in [0.5, 0.6) is 0 Å². The summed E-state index contributed by atoms with van der Waals surface area (Å²) in [7, 11) is 0. The molecule has 8 aromatic rings. The molecule has 0 spiro atoms. The van der Waals surface area contributed by atoms with Gasteiger partial charge in [0.1, 0.15) is 11.2 Å². The number of para-hydroxylation sites is 2. The molecule has 0 saturated carbocycles. The molecule has 0 fully saturated rings. The lowest BCUT2D eigenvalue weighted by Gasteiger charge is -2.31. The lowest BCUT2D eigenvalue weighted by molar-refractivity contribution is 0.669. The molecule has 0 aliphatic heterocycles. The van der Waals surface area contributed by atoms with E-state index in [1.807, 2.05) is 17.4 Å². The number of furan rings is 1. The Kier molecular flexibility index (Phi) is 5.14. The van der Waals surface area contributed by atoms with Crippen LogP contribution < -0.4 is 4.90 Å². The standard InChI is InChI=1S/C39H27NOS/c1-24-10-2-8-16-32(24)40(26-19-20-30-29-14-7-9-17-34(29)41-35(30)22-26)33-23-37-39(31-15-6-5-13-28(31)33)38-27-12-4-3-11-25(27)18-21-36(38)42-37/h2-4,6-12,14-23H,5,13H2,1H3. The molecule has 0 atom stereocenters. The van der Waals surface area contributed by atoms with Gasteiger partial charge < -0.3 is 9.32 Å². The normalized spacial score (nSPS) is 13.1. The largest absolute Gasteiger partial charge is 0.456 e. The Balaban J connectivity index is 1.37. The summed E-state index contributed by atoms with van der Waals surface area (Å²) >= 11 is 1.90. The maximum atomic E-state index is 6.37. The second kappa shape index (κ2) is 9.07. The van der Waals surface area contributed by atoms with Crippen LogP contribution >= 0.6 is 11.3 Å². The van der Waals surface area contributed by atoms with E-state index >= 15 is 0 Å². The quantitative estimate of drug-likeness (QED) is 0.215. The van der Waals surface area contributed by atoms with Crippen molar-refractivity contribution in [2.24, 2.45) is 0 Å². The van der Waals surface area contributed by atoms with Crippen LogP contribution in [-0.2, 0) is 6.42 Å². The van der Waals surface area contributed by atoms with Crippen molar-refractivity contribution in [2.75, 3.05) is 4.90 Å². The van der Waals surface area contributed by atoms with Gasteiger partial charge in [-0.05, 0) is 83.6 Å². The van der Waals surface area contributed by atoms with Crippen molar-refractivity contribution in [3.8, 4) is 0 Å². The first-order valence-corrected chi connectivity index (χ1v) is 15.4. The van der Waals surface area contributed by atoms with Crippen LogP contribution in [0.3, 0.4) is 0 Å².